The van der Waals surface area contributed by atoms with Crippen LogP contribution in [0, 0.1) is 5.92 Å². The fourth-order valence-corrected chi connectivity index (χ4v) is 0.956. The molecule has 0 aliphatic carbocycles. The molecule has 0 unspecified atom stereocenters. The average molecular weight is 246 g/mol. The van der Waals surface area contributed by atoms with Crippen LogP contribution in [0.5, 0.6) is 0 Å². The third kappa shape index (κ3) is 20.9. The highest BCUT2D eigenvalue weighted by Gasteiger charge is 1.98. The highest BCUT2D eigenvalue weighted by molar-refractivity contribution is 5.69. The number of carboxylic acids is 1. The van der Waals surface area contributed by atoms with Gasteiger partial charge in [-0.1, -0.05) is 34.1 Å². The van der Waals surface area contributed by atoms with E-state index in [9.17, 15) is 9.59 Å². The number of unbranched alkanes of at least 4 members (excludes halogenated alkanes) is 1. The molecule has 0 aliphatic heterocycles. The predicted molar refractivity (Wildman–Crippen MR) is 67.9 cm³/mol. The van der Waals surface area contributed by atoms with E-state index in [2.05, 4.69) is 6.92 Å². The molecular formula is C13H26O4. The molecule has 0 radical (unpaired) electrons. The molecule has 0 bridgehead atoms. The number of carbonyl (C=O) groups is 2. The highest BCUT2D eigenvalue weighted by atomic mass is 16.5. The third-order valence-electron chi connectivity index (χ3n) is 1.80. The van der Waals surface area contributed by atoms with Gasteiger partial charge < -0.3 is 9.84 Å². The number of hydrogen-bond acceptors (Lipinski definition) is 3. The lowest BCUT2D eigenvalue weighted by atomic mass is 10.1. The number of carboxylic acid groups (broad SMARTS) is 1. The summed E-state index contributed by atoms with van der Waals surface area (Å²) < 4.78 is 4.88. The minimum absolute atomic E-state index is 0.0593. The molecule has 4 nitrogen and oxygen atoms in total. The van der Waals surface area contributed by atoms with Crippen molar-refractivity contribution >= 4 is 11.9 Å². The minimum Gasteiger partial charge on any atom is -0.481 e. The molecule has 4 heteroatoms. The molecule has 1 N–H and O–H groups in total. The van der Waals surface area contributed by atoms with E-state index in [0.717, 1.165) is 19.3 Å². The molecule has 0 saturated carbocycles. The second-order valence-electron chi connectivity index (χ2n) is 4.32. The van der Waals surface area contributed by atoms with E-state index < -0.39 is 5.97 Å². The molecule has 0 rings (SSSR count). The Morgan fingerprint density at radius 1 is 1.18 bits per heavy atom. The van der Waals surface area contributed by atoms with Gasteiger partial charge in [0, 0.05) is 12.8 Å². The smallest absolute Gasteiger partial charge is 0.305 e. The molecule has 0 heterocycles. The third-order valence-corrected chi connectivity index (χ3v) is 1.80. The maximum atomic E-state index is 10.7. The van der Waals surface area contributed by atoms with Crippen LogP contribution in [-0.4, -0.2) is 23.7 Å². The Bertz CT molecular complexity index is 200. The monoisotopic (exact) mass is 246 g/mol. The number of carbonyl (C=O) groups excluding carboxylic acids is 1. The van der Waals surface area contributed by atoms with Gasteiger partial charge in [0.25, 0.3) is 0 Å². The lowest BCUT2D eigenvalue weighted by Gasteiger charge is -2.00. The lowest BCUT2D eigenvalue weighted by molar-refractivity contribution is -0.143. The van der Waals surface area contributed by atoms with Gasteiger partial charge in [-0.2, -0.15) is 0 Å². The number of hydrogen-bond donors (Lipinski definition) is 1. The molecule has 0 aromatic carbocycles. The van der Waals surface area contributed by atoms with E-state index >= 15 is 0 Å². The summed E-state index contributed by atoms with van der Waals surface area (Å²) in [6.07, 6.45) is 3.78. The van der Waals surface area contributed by atoms with Crippen molar-refractivity contribution in [2.45, 2.75) is 59.8 Å². The van der Waals surface area contributed by atoms with Gasteiger partial charge in [0.15, 0.2) is 0 Å². The zero-order chi connectivity index (χ0) is 13.7. The van der Waals surface area contributed by atoms with Crippen molar-refractivity contribution in [1.29, 1.82) is 0 Å². The second-order valence-corrected chi connectivity index (χ2v) is 4.32. The van der Waals surface area contributed by atoms with Crippen molar-refractivity contribution in [1.82, 2.24) is 0 Å². The van der Waals surface area contributed by atoms with Crippen molar-refractivity contribution in [3.8, 4) is 0 Å². The molecule has 0 aromatic rings. The second kappa shape index (κ2) is 13.0. The van der Waals surface area contributed by atoms with Crippen LogP contribution >= 0.6 is 0 Å². The minimum atomic E-state index is -0.713. The Morgan fingerprint density at radius 2 is 1.76 bits per heavy atom. The normalized spacial score (nSPS) is 9.47. The zero-order valence-electron chi connectivity index (χ0n) is 11.5. The zero-order valence-corrected chi connectivity index (χ0v) is 11.5. The first-order valence-electron chi connectivity index (χ1n) is 6.31. The van der Waals surface area contributed by atoms with Gasteiger partial charge in [-0.25, -0.2) is 0 Å². The molecule has 102 valence electrons. The van der Waals surface area contributed by atoms with Crippen LogP contribution in [0.15, 0.2) is 0 Å². The largest absolute Gasteiger partial charge is 0.481 e. The van der Waals surface area contributed by atoms with Crippen LogP contribution < -0.4 is 0 Å². The van der Waals surface area contributed by atoms with Crippen LogP contribution in [0.3, 0.4) is 0 Å². The molecule has 17 heavy (non-hydrogen) atoms. The summed E-state index contributed by atoms with van der Waals surface area (Å²) in [5, 5.41) is 8.08. The summed E-state index contributed by atoms with van der Waals surface area (Å²) in [6.45, 7) is 8.41. The molecule has 0 aromatic heterocycles. The summed E-state index contributed by atoms with van der Waals surface area (Å²) in [4.78, 5) is 20.5. The van der Waals surface area contributed by atoms with E-state index in [4.69, 9.17) is 9.84 Å². The van der Waals surface area contributed by atoms with Crippen LogP contribution in [0.2, 0.25) is 0 Å². The standard InChI is InChI=1S/C8H16O2.C5H10O2/c1-3-5-7-10-8(9)6-4-2;1-4(2)3-5(6)7/h3-7H2,1-2H3;4H,3H2,1-2H3,(H,6,7). The van der Waals surface area contributed by atoms with Gasteiger partial charge in [-0.05, 0) is 18.8 Å². The molecule has 0 aliphatic rings. The Hall–Kier alpha value is -1.06. The van der Waals surface area contributed by atoms with E-state index in [1.54, 1.807) is 0 Å². The van der Waals surface area contributed by atoms with Gasteiger partial charge in [-0.15, -0.1) is 0 Å². The number of rotatable bonds is 7. The molecule has 0 saturated heterocycles. The van der Waals surface area contributed by atoms with E-state index in [1.807, 2.05) is 20.8 Å². The Balaban J connectivity index is 0. The van der Waals surface area contributed by atoms with Crippen LogP contribution in [-0.2, 0) is 14.3 Å². The topological polar surface area (TPSA) is 63.6 Å². The van der Waals surface area contributed by atoms with E-state index in [0.29, 0.717) is 13.0 Å². The summed E-state index contributed by atoms with van der Waals surface area (Å²) in [7, 11) is 0. The van der Waals surface area contributed by atoms with Crippen LogP contribution in [0.25, 0.3) is 0 Å². The molecule has 0 amide bonds. The Morgan fingerprint density at radius 3 is 2.06 bits per heavy atom. The average Bonchev–Trinajstić information content (AvgIpc) is 2.17. The quantitative estimate of drug-likeness (QED) is 0.553. The van der Waals surface area contributed by atoms with Crippen LogP contribution in [0.4, 0.5) is 0 Å². The van der Waals surface area contributed by atoms with Gasteiger partial charge in [-0.3, -0.25) is 9.59 Å². The molecular weight excluding hydrogens is 220 g/mol. The predicted octanol–water partition coefficient (Wildman–Crippen LogP) is 3.25. The molecule has 0 fully saturated rings. The Labute approximate surface area is 104 Å². The summed E-state index contributed by atoms with van der Waals surface area (Å²) in [5.74, 6) is -0.497. The maximum absolute atomic E-state index is 10.7. The Kier molecular flexibility index (Phi) is 14.0. The van der Waals surface area contributed by atoms with Crippen molar-refractivity contribution < 1.29 is 19.4 Å². The van der Waals surface area contributed by atoms with Crippen molar-refractivity contribution in [3.63, 3.8) is 0 Å². The maximum Gasteiger partial charge on any atom is 0.305 e. The van der Waals surface area contributed by atoms with Gasteiger partial charge in [0.05, 0.1) is 6.61 Å². The first-order chi connectivity index (χ1) is 7.93. The number of aliphatic carboxylic acids is 1. The van der Waals surface area contributed by atoms with Gasteiger partial charge >= 0.3 is 11.9 Å². The fourth-order valence-electron chi connectivity index (χ4n) is 0.956. The van der Waals surface area contributed by atoms with Crippen molar-refractivity contribution in [3.05, 3.63) is 0 Å². The van der Waals surface area contributed by atoms with Crippen molar-refractivity contribution in [2.24, 2.45) is 5.92 Å². The molecule has 0 spiro atoms. The summed E-state index contributed by atoms with van der Waals surface area (Å²) in [6, 6.07) is 0. The van der Waals surface area contributed by atoms with E-state index in [1.165, 1.54) is 0 Å². The van der Waals surface area contributed by atoms with E-state index in [-0.39, 0.29) is 18.3 Å². The SMILES string of the molecule is CC(C)CC(=O)O.CCCCOC(=O)CCC. The summed E-state index contributed by atoms with van der Waals surface area (Å²) in [5.41, 5.74) is 0. The lowest BCUT2D eigenvalue weighted by Crippen LogP contribution is -2.04. The first kappa shape index (κ1) is 18.3. The van der Waals surface area contributed by atoms with Crippen LogP contribution in [0.1, 0.15) is 59.8 Å². The van der Waals surface area contributed by atoms with Crippen molar-refractivity contribution in [2.75, 3.05) is 6.61 Å². The van der Waals surface area contributed by atoms with Gasteiger partial charge in [0.2, 0.25) is 0 Å². The number of ether oxygens (including phenoxy) is 1. The number of esters is 1. The summed E-state index contributed by atoms with van der Waals surface area (Å²) >= 11 is 0. The molecule has 0 atom stereocenters. The highest BCUT2D eigenvalue weighted by Crippen LogP contribution is 1.96. The van der Waals surface area contributed by atoms with Gasteiger partial charge in [0.1, 0.15) is 0 Å². The fraction of sp³-hybridized carbons (Fsp3) is 0.846. The first-order valence-corrected chi connectivity index (χ1v) is 6.31.